The Bertz CT molecular complexity index is 842. The largest absolute Gasteiger partial charge is 0.460 e. The monoisotopic (exact) mass is 372 g/mol. The minimum absolute atomic E-state index is 0. The van der Waals surface area contributed by atoms with E-state index >= 15 is 0 Å². The first-order valence-electron chi connectivity index (χ1n) is 8.80. The van der Waals surface area contributed by atoms with Crippen LogP contribution in [0.1, 0.15) is 24.3 Å². The lowest BCUT2D eigenvalue weighted by Gasteiger charge is -2.17. The van der Waals surface area contributed by atoms with Crippen LogP contribution >= 0.6 is 12.4 Å². The van der Waals surface area contributed by atoms with Crippen molar-refractivity contribution < 1.29 is 9.53 Å². The molecule has 2 aromatic carbocycles. The molecule has 0 saturated heterocycles. The Hall–Kier alpha value is -2.30. The molecule has 5 heteroatoms. The molecule has 4 nitrogen and oxygen atoms in total. The average molecular weight is 373 g/mol. The Morgan fingerprint density at radius 2 is 1.65 bits per heavy atom. The van der Waals surface area contributed by atoms with Gasteiger partial charge in [-0.1, -0.05) is 50.2 Å². The van der Waals surface area contributed by atoms with Gasteiger partial charge in [0, 0.05) is 17.6 Å². The zero-order valence-corrected chi connectivity index (χ0v) is 16.0. The van der Waals surface area contributed by atoms with Crippen LogP contribution in [-0.2, 0) is 4.74 Å². The van der Waals surface area contributed by atoms with Gasteiger partial charge in [0.1, 0.15) is 12.3 Å². The number of likely N-dealkylation sites (N-methyl/N-ethyl adjacent to an activating group) is 1. The summed E-state index contributed by atoms with van der Waals surface area (Å²) in [6.07, 6.45) is 0. The number of nitrogens with zero attached hydrogens (tertiary/aromatic N) is 2. The van der Waals surface area contributed by atoms with Crippen LogP contribution in [0.5, 0.6) is 0 Å². The van der Waals surface area contributed by atoms with E-state index in [1.165, 1.54) is 0 Å². The highest BCUT2D eigenvalue weighted by Crippen LogP contribution is 2.24. The zero-order valence-electron chi connectivity index (χ0n) is 15.2. The van der Waals surface area contributed by atoms with Gasteiger partial charge in [-0.2, -0.15) is 0 Å². The van der Waals surface area contributed by atoms with Crippen molar-refractivity contribution in [2.24, 2.45) is 0 Å². The van der Waals surface area contributed by atoms with Crippen molar-refractivity contribution in [3.8, 4) is 5.69 Å². The van der Waals surface area contributed by atoms with Crippen molar-refractivity contribution in [2.75, 3.05) is 26.2 Å². The fourth-order valence-electron chi connectivity index (χ4n) is 3.04. The van der Waals surface area contributed by atoms with Crippen molar-refractivity contribution in [1.29, 1.82) is 0 Å². The first kappa shape index (κ1) is 20.0. The summed E-state index contributed by atoms with van der Waals surface area (Å²) in [6.45, 7) is 7.29. The molecule has 0 unspecified atom stereocenters. The van der Waals surface area contributed by atoms with E-state index in [0.717, 1.165) is 36.2 Å². The summed E-state index contributed by atoms with van der Waals surface area (Å²) in [4.78, 5) is 14.9. The fraction of sp³-hybridized carbons (Fsp3) is 0.286. The first-order valence-corrected chi connectivity index (χ1v) is 8.80. The minimum atomic E-state index is -0.285. The normalized spacial score (nSPS) is 10.7. The number of aromatic nitrogens is 1. The number of fused-ring (bicyclic) bond motifs is 1. The second-order valence-electron chi connectivity index (χ2n) is 5.92. The molecule has 3 aromatic rings. The smallest absolute Gasteiger partial charge is 0.355 e. The van der Waals surface area contributed by atoms with Crippen molar-refractivity contribution in [1.82, 2.24) is 9.47 Å². The predicted molar refractivity (Wildman–Crippen MR) is 109 cm³/mol. The Morgan fingerprint density at radius 1 is 1.00 bits per heavy atom. The molecule has 1 aromatic heterocycles. The standard InChI is InChI=1S/C21H24N2O2.ClH/c1-3-22(4-2)14-15-25-21(24)20-16-17-10-8-9-13-19(17)23(20)18-11-6-5-7-12-18;/h5-13,16H,3-4,14-15H2,1-2H3;1H. The Kier molecular flexibility index (Phi) is 7.25. The molecule has 1 heterocycles. The van der Waals surface area contributed by atoms with Gasteiger partial charge in [0.15, 0.2) is 0 Å². The molecule has 0 N–H and O–H groups in total. The van der Waals surface area contributed by atoms with E-state index in [-0.39, 0.29) is 18.4 Å². The maximum absolute atomic E-state index is 12.7. The highest BCUT2D eigenvalue weighted by Gasteiger charge is 2.18. The summed E-state index contributed by atoms with van der Waals surface area (Å²) >= 11 is 0. The summed E-state index contributed by atoms with van der Waals surface area (Å²) in [6, 6.07) is 19.8. The molecular formula is C21H25ClN2O2. The number of halogens is 1. The van der Waals surface area contributed by atoms with Gasteiger partial charge in [-0.15, -0.1) is 12.4 Å². The second-order valence-corrected chi connectivity index (χ2v) is 5.92. The molecule has 0 bridgehead atoms. The van der Waals surface area contributed by atoms with Crippen molar-refractivity contribution in [3.05, 3.63) is 66.4 Å². The number of hydrogen-bond acceptors (Lipinski definition) is 3. The molecule has 0 amide bonds. The Morgan fingerprint density at radius 3 is 2.35 bits per heavy atom. The molecule has 0 saturated carbocycles. The van der Waals surface area contributed by atoms with Crippen LogP contribution in [0.3, 0.4) is 0 Å². The van der Waals surface area contributed by atoms with Gasteiger partial charge in [0.05, 0.1) is 5.52 Å². The number of carbonyl (C=O) groups is 1. The summed E-state index contributed by atoms with van der Waals surface area (Å²) in [5.74, 6) is -0.285. The molecule has 0 radical (unpaired) electrons. The molecule has 0 atom stereocenters. The Balaban J connectivity index is 0.00000243. The first-order chi connectivity index (χ1) is 12.2. The van der Waals surface area contributed by atoms with E-state index in [2.05, 4.69) is 18.7 Å². The van der Waals surface area contributed by atoms with Crippen LogP contribution in [0.4, 0.5) is 0 Å². The summed E-state index contributed by atoms with van der Waals surface area (Å²) in [7, 11) is 0. The van der Waals surface area contributed by atoms with Gasteiger partial charge >= 0.3 is 5.97 Å². The van der Waals surface area contributed by atoms with Crippen molar-refractivity contribution in [2.45, 2.75) is 13.8 Å². The minimum Gasteiger partial charge on any atom is -0.460 e. The van der Waals surface area contributed by atoms with Gasteiger partial charge in [-0.25, -0.2) is 4.79 Å². The van der Waals surface area contributed by atoms with Gasteiger partial charge in [-0.3, -0.25) is 0 Å². The summed E-state index contributed by atoms with van der Waals surface area (Å²) in [5, 5.41) is 1.03. The van der Waals surface area contributed by atoms with Gasteiger partial charge in [0.25, 0.3) is 0 Å². The number of benzene rings is 2. The maximum Gasteiger partial charge on any atom is 0.355 e. The number of ether oxygens (including phenoxy) is 1. The van der Waals surface area contributed by atoms with Crippen LogP contribution in [-0.4, -0.2) is 41.7 Å². The third-order valence-corrected chi connectivity index (χ3v) is 4.47. The number of para-hydroxylation sites is 2. The summed E-state index contributed by atoms with van der Waals surface area (Å²) < 4.78 is 7.52. The van der Waals surface area contributed by atoms with Gasteiger partial charge in [-0.05, 0) is 37.4 Å². The summed E-state index contributed by atoms with van der Waals surface area (Å²) in [5.41, 5.74) is 2.52. The lowest BCUT2D eigenvalue weighted by atomic mass is 10.2. The fourth-order valence-corrected chi connectivity index (χ4v) is 3.04. The number of carbonyl (C=O) groups excluding carboxylic acids is 1. The van der Waals surface area contributed by atoms with E-state index < -0.39 is 0 Å². The van der Waals surface area contributed by atoms with E-state index in [0.29, 0.717) is 12.3 Å². The highest BCUT2D eigenvalue weighted by atomic mass is 35.5. The zero-order chi connectivity index (χ0) is 17.6. The van der Waals surface area contributed by atoms with E-state index in [1.807, 2.05) is 65.2 Å². The molecule has 0 spiro atoms. The lowest BCUT2D eigenvalue weighted by Crippen LogP contribution is -2.28. The van der Waals surface area contributed by atoms with Crippen molar-refractivity contribution >= 4 is 29.3 Å². The predicted octanol–water partition coefficient (Wildman–Crippen LogP) is 4.55. The van der Waals surface area contributed by atoms with E-state index in [9.17, 15) is 4.79 Å². The molecule has 0 fully saturated rings. The third-order valence-electron chi connectivity index (χ3n) is 4.47. The van der Waals surface area contributed by atoms with Crippen LogP contribution in [0.2, 0.25) is 0 Å². The van der Waals surface area contributed by atoms with E-state index in [4.69, 9.17) is 4.74 Å². The van der Waals surface area contributed by atoms with Crippen LogP contribution < -0.4 is 0 Å². The molecule has 26 heavy (non-hydrogen) atoms. The number of hydrogen-bond donors (Lipinski definition) is 0. The van der Waals surface area contributed by atoms with Gasteiger partial charge in [0.2, 0.25) is 0 Å². The lowest BCUT2D eigenvalue weighted by molar-refractivity contribution is 0.0457. The van der Waals surface area contributed by atoms with Crippen LogP contribution in [0.25, 0.3) is 16.6 Å². The van der Waals surface area contributed by atoms with Crippen molar-refractivity contribution in [3.63, 3.8) is 0 Å². The van der Waals surface area contributed by atoms with Crippen LogP contribution in [0, 0.1) is 0 Å². The SMILES string of the molecule is CCN(CC)CCOC(=O)c1cc2ccccc2n1-c1ccccc1.Cl. The topological polar surface area (TPSA) is 34.5 Å². The maximum atomic E-state index is 12.7. The van der Waals surface area contributed by atoms with Gasteiger partial charge < -0.3 is 14.2 Å². The third kappa shape index (κ3) is 4.26. The average Bonchev–Trinajstić information content (AvgIpc) is 3.05. The molecule has 0 aliphatic rings. The van der Waals surface area contributed by atoms with Crippen LogP contribution in [0.15, 0.2) is 60.7 Å². The highest BCUT2D eigenvalue weighted by molar-refractivity contribution is 5.97. The molecule has 138 valence electrons. The molecular weight excluding hydrogens is 348 g/mol. The number of rotatable bonds is 7. The number of esters is 1. The molecule has 0 aliphatic carbocycles. The molecule has 0 aliphatic heterocycles. The second kappa shape index (κ2) is 9.41. The quantitative estimate of drug-likeness (QED) is 0.570. The molecule has 3 rings (SSSR count). The Labute approximate surface area is 160 Å². The van der Waals surface area contributed by atoms with E-state index in [1.54, 1.807) is 0 Å².